The summed E-state index contributed by atoms with van der Waals surface area (Å²) in [6.07, 6.45) is 3.15. The molecule has 0 saturated heterocycles. The smallest absolute Gasteiger partial charge is 0.138 e. The summed E-state index contributed by atoms with van der Waals surface area (Å²) >= 11 is 5.90. The minimum atomic E-state index is 0.410. The van der Waals surface area contributed by atoms with Crippen molar-refractivity contribution >= 4 is 11.6 Å². The van der Waals surface area contributed by atoms with Gasteiger partial charge in [0, 0.05) is 5.56 Å². The van der Waals surface area contributed by atoms with Gasteiger partial charge in [-0.05, 0) is 12.1 Å². The first-order valence-electron chi connectivity index (χ1n) is 4.12. The van der Waals surface area contributed by atoms with Gasteiger partial charge in [0.15, 0.2) is 0 Å². The highest BCUT2D eigenvalue weighted by molar-refractivity contribution is 6.32. The molecule has 0 fully saturated rings. The molecule has 0 N–H and O–H groups in total. The fourth-order valence-electron chi connectivity index (χ4n) is 1.02. The Morgan fingerprint density at radius 2 is 2.21 bits per heavy atom. The van der Waals surface area contributed by atoms with Gasteiger partial charge in [-0.1, -0.05) is 28.9 Å². The van der Waals surface area contributed by atoms with Crippen molar-refractivity contribution < 1.29 is 9.26 Å². The third kappa shape index (κ3) is 2.06. The Bertz CT molecular complexity index is 400. The van der Waals surface area contributed by atoms with Crippen LogP contribution in [0.2, 0.25) is 5.02 Å². The van der Waals surface area contributed by atoms with Gasteiger partial charge in [-0.15, -0.1) is 0 Å². The molecule has 0 radical (unpaired) electrons. The maximum atomic E-state index is 5.90. The molecule has 0 bridgehead atoms. The molecule has 3 nitrogen and oxygen atoms in total. The molecule has 0 aliphatic heterocycles. The van der Waals surface area contributed by atoms with Crippen LogP contribution >= 0.6 is 11.6 Å². The number of nitrogens with zero attached hydrogens (tertiary/aromatic N) is 1. The van der Waals surface area contributed by atoms with Crippen molar-refractivity contribution in [2.45, 2.75) is 6.61 Å². The molecule has 2 rings (SSSR count). The normalized spacial score (nSPS) is 10.1. The first-order chi connectivity index (χ1) is 6.86. The van der Waals surface area contributed by atoms with Crippen LogP contribution in [0, 0.1) is 0 Å². The maximum absolute atomic E-state index is 5.90. The number of para-hydroxylation sites is 1. The van der Waals surface area contributed by atoms with Crippen LogP contribution in [0.15, 0.2) is 41.2 Å². The van der Waals surface area contributed by atoms with Gasteiger partial charge >= 0.3 is 0 Å². The van der Waals surface area contributed by atoms with E-state index < -0.39 is 0 Å². The average molecular weight is 210 g/mol. The summed E-state index contributed by atoms with van der Waals surface area (Å²) in [5.41, 5.74) is 0.880. The number of aromatic nitrogens is 1. The molecule has 0 aliphatic carbocycles. The highest BCUT2D eigenvalue weighted by Crippen LogP contribution is 2.23. The standard InChI is InChI=1S/C10H8ClNO2/c11-9-3-1-2-4-10(9)13-6-8-5-12-14-7-8/h1-5,7H,6H2. The fraction of sp³-hybridized carbons (Fsp3) is 0.100. The predicted octanol–water partition coefficient (Wildman–Crippen LogP) is 2.91. The van der Waals surface area contributed by atoms with E-state index in [4.69, 9.17) is 16.3 Å². The lowest BCUT2D eigenvalue weighted by molar-refractivity contribution is 0.304. The van der Waals surface area contributed by atoms with Gasteiger partial charge in [0.2, 0.25) is 0 Å². The van der Waals surface area contributed by atoms with E-state index in [1.807, 2.05) is 18.2 Å². The second-order valence-electron chi connectivity index (χ2n) is 2.75. The second kappa shape index (κ2) is 4.15. The van der Waals surface area contributed by atoms with Crippen LogP contribution < -0.4 is 4.74 Å². The van der Waals surface area contributed by atoms with Crippen molar-refractivity contribution in [3.63, 3.8) is 0 Å². The zero-order chi connectivity index (χ0) is 9.80. The van der Waals surface area contributed by atoms with E-state index in [-0.39, 0.29) is 0 Å². The Kier molecular flexibility index (Phi) is 2.70. The largest absolute Gasteiger partial charge is 0.487 e. The molecule has 72 valence electrons. The zero-order valence-corrected chi connectivity index (χ0v) is 8.07. The Morgan fingerprint density at radius 3 is 2.93 bits per heavy atom. The minimum Gasteiger partial charge on any atom is -0.487 e. The quantitative estimate of drug-likeness (QED) is 0.780. The Labute approximate surface area is 86.2 Å². The third-order valence-corrected chi connectivity index (χ3v) is 2.03. The van der Waals surface area contributed by atoms with Gasteiger partial charge in [-0.25, -0.2) is 0 Å². The highest BCUT2D eigenvalue weighted by Gasteiger charge is 2.01. The van der Waals surface area contributed by atoms with Crippen LogP contribution in [-0.4, -0.2) is 5.16 Å². The number of benzene rings is 1. The lowest BCUT2D eigenvalue weighted by atomic mass is 10.3. The van der Waals surface area contributed by atoms with E-state index in [1.54, 1.807) is 12.3 Å². The van der Waals surface area contributed by atoms with Crippen molar-refractivity contribution in [3.8, 4) is 5.75 Å². The van der Waals surface area contributed by atoms with Crippen molar-refractivity contribution in [3.05, 3.63) is 47.3 Å². The van der Waals surface area contributed by atoms with E-state index in [0.717, 1.165) is 5.56 Å². The molecule has 2 aromatic rings. The summed E-state index contributed by atoms with van der Waals surface area (Å²) in [5, 5.41) is 4.17. The molecular weight excluding hydrogens is 202 g/mol. The van der Waals surface area contributed by atoms with Crippen LogP contribution in [-0.2, 0) is 6.61 Å². The van der Waals surface area contributed by atoms with Gasteiger partial charge in [-0.2, -0.15) is 0 Å². The van der Waals surface area contributed by atoms with E-state index in [2.05, 4.69) is 9.68 Å². The van der Waals surface area contributed by atoms with E-state index in [0.29, 0.717) is 17.4 Å². The topological polar surface area (TPSA) is 35.3 Å². The Hall–Kier alpha value is -1.48. The Balaban J connectivity index is 2.02. The Morgan fingerprint density at radius 1 is 1.36 bits per heavy atom. The van der Waals surface area contributed by atoms with Gasteiger partial charge < -0.3 is 9.26 Å². The van der Waals surface area contributed by atoms with Crippen molar-refractivity contribution in [1.29, 1.82) is 0 Å². The molecule has 1 aromatic heterocycles. The van der Waals surface area contributed by atoms with E-state index >= 15 is 0 Å². The molecule has 0 unspecified atom stereocenters. The molecule has 1 heterocycles. The van der Waals surface area contributed by atoms with E-state index in [1.165, 1.54) is 6.26 Å². The molecule has 1 aromatic carbocycles. The average Bonchev–Trinajstić information content (AvgIpc) is 2.69. The molecule has 0 aliphatic rings. The number of ether oxygens (including phenoxy) is 1. The monoisotopic (exact) mass is 209 g/mol. The van der Waals surface area contributed by atoms with Gasteiger partial charge in [-0.3, -0.25) is 0 Å². The predicted molar refractivity (Wildman–Crippen MR) is 52.3 cm³/mol. The molecular formula is C10H8ClNO2. The third-order valence-electron chi connectivity index (χ3n) is 1.71. The molecule has 0 spiro atoms. The van der Waals surface area contributed by atoms with Crippen molar-refractivity contribution in [2.75, 3.05) is 0 Å². The summed E-state index contributed by atoms with van der Waals surface area (Å²) in [5.74, 6) is 0.662. The van der Waals surface area contributed by atoms with Crippen LogP contribution in [0.4, 0.5) is 0 Å². The van der Waals surface area contributed by atoms with Crippen molar-refractivity contribution in [1.82, 2.24) is 5.16 Å². The zero-order valence-electron chi connectivity index (χ0n) is 7.31. The lowest BCUT2D eigenvalue weighted by Crippen LogP contribution is -1.93. The molecule has 0 atom stereocenters. The summed E-state index contributed by atoms with van der Waals surface area (Å²) in [6.45, 7) is 0.410. The first-order valence-corrected chi connectivity index (χ1v) is 4.49. The van der Waals surface area contributed by atoms with Crippen LogP contribution in [0.1, 0.15) is 5.56 Å². The molecule has 0 saturated carbocycles. The minimum absolute atomic E-state index is 0.410. The van der Waals surface area contributed by atoms with Gasteiger partial charge in [0.25, 0.3) is 0 Å². The summed E-state index contributed by atoms with van der Waals surface area (Å²) < 4.78 is 10.1. The van der Waals surface area contributed by atoms with Crippen LogP contribution in [0.25, 0.3) is 0 Å². The van der Waals surface area contributed by atoms with E-state index in [9.17, 15) is 0 Å². The van der Waals surface area contributed by atoms with Crippen LogP contribution in [0.5, 0.6) is 5.75 Å². The lowest BCUT2D eigenvalue weighted by Gasteiger charge is -2.04. The molecule has 0 amide bonds. The SMILES string of the molecule is Clc1ccccc1OCc1cnoc1. The van der Waals surface area contributed by atoms with Crippen LogP contribution in [0.3, 0.4) is 0 Å². The summed E-state index contributed by atoms with van der Waals surface area (Å²) in [7, 11) is 0. The number of hydrogen-bond acceptors (Lipinski definition) is 3. The van der Waals surface area contributed by atoms with Gasteiger partial charge in [0.1, 0.15) is 18.6 Å². The maximum Gasteiger partial charge on any atom is 0.138 e. The highest BCUT2D eigenvalue weighted by atomic mass is 35.5. The number of rotatable bonds is 3. The number of hydrogen-bond donors (Lipinski definition) is 0. The fourth-order valence-corrected chi connectivity index (χ4v) is 1.21. The second-order valence-corrected chi connectivity index (χ2v) is 3.16. The molecule has 4 heteroatoms. The first kappa shape index (κ1) is 9.09. The van der Waals surface area contributed by atoms with Gasteiger partial charge in [0.05, 0.1) is 11.2 Å². The summed E-state index contributed by atoms with van der Waals surface area (Å²) in [4.78, 5) is 0. The summed E-state index contributed by atoms with van der Waals surface area (Å²) in [6, 6.07) is 7.32. The van der Waals surface area contributed by atoms with Crippen molar-refractivity contribution in [2.24, 2.45) is 0 Å². The number of halogens is 1. The molecule has 14 heavy (non-hydrogen) atoms.